The van der Waals surface area contributed by atoms with Crippen LogP contribution in [0, 0.1) is 6.92 Å². The number of aryl methyl sites for hydroxylation is 1. The molecule has 19 heavy (non-hydrogen) atoms. The number of ketones is 1. The molecule has 0 unspecified atom stereocenters. The Balaban J connectivity index is 1.91. The van der Waals surface area contributed by atoms with Crippen LogP contribution in [0.4, 0.5) is 0 Å². The molecule has 1 aromatic rings. The van der Waals surface area contributed by atoms with Crippen LogP contribution in [0.25, 0.3) is 0 Å². The molecule has 0 spiro atoms. The molecule has 1 aliphatic carbocycles. The summed E-state index contributed by atoms with van der Waals surface area (Å²) in [5, 5.41) is 2.06. The Kier molecular flexibility index (Phi) is 3.77. The SMILES string of the molecule is Cc1ccsc1C(=O)C1(N2CCCCC2)CCCC1. The van der Waals surface area contributed by atoms with E-state index in [9.17, 15) is 4.79 Å². The summed E-state index contributed by atoms with van der Waals surface area (Å²) in [5.74, 6) is 0.416. The number of thiophene rings is 1. The summed E-state index contributed by atoms with van der Waals surface area (Å²) in [6, 6.07) is 2.08. The molecular formula is C16H23NOS. The zero-order valence-electron chi connectivity index (χ0n) is 11.8. The monoisotopic (exact) mass is 277 g/mol. The van der Waals surface area contributed by atoms with E-state index in [0.717, 1.165) is 30.8 Å². The van der Waals surface area contributed by atoms with Gasteiger partial charge in [0.05, 0.1) is 10.4 Å². The van der Waals surface area contributed by atoms with Crippen LogP contribution in [-0.4, -0.2) is 29.3 Å². The van der Waals surface area contributed by atoms with Crippen molar-refractivity contribution in [1.82, 2.24) is 4.90 Å². The number of hydrogen-bond acceptors (Lipinski definition) is 3. The average molecular weight is 277 g/mol. The van der Waals surface area contributed by atoms with Crippen molar-refractivity contribution in [2.45, 2.75) is 57.4 Å². The standard InChI is InChI=1S/C16H23NOS/c1-13-7-12-19-14(13)15(18)16(8-3-4-9-16)17-10-5-2-6-11-17/h7,12H,2-6,8-11H2,1H3. The molecule has 1 saturated heterocycles. The Hall–Kier alpha value is -0.670. The Labute approximate surface area is 119 Å². The zero-order valence-corrected chi connectivity index (χ0v) is 12.6. The van der Waals surface area contributed by atoms with Gasteiger partial charge in [0.25, 0.3) is 0 Å². The maximum atomic E-state index is 13.1. The highest BCUT2D eigenvalue weighted by Gasteiger charge is 2.46. The Morgan fingerprint density at radius 2 is 1.84 bits per heavy atom. The molecule has 1 saturated carbocycles. The molecular weight excluding hydrogens is 254 g/mol. The second kappa shape index (κ2) is 5.37. The number of carbonyl (C=O) groups is 1. The lowest BCUT2D eigenvalue weighted by molar-refractivity contribution is 0.0481. The van der Waals surface area contributed by atoms with Crippen molar-refractivity contribution in [3.8, 4) is 0 Å². The van der Waals surface area contributed by atoms with Gasteiger partial charge in [-0.15, -0.1) is 11.3 Å². The topological polar surface area (TPSA) is 20.3 Å². The highest BCUT2D eigenvalue weighted by Crippen LogP contribution is 2.40. The Bertz CT molecular complexity index is 453. The average Bonchev–Trinajstić information content (AvgIpc) is 3.08. The number of piperidine rings is 1. The number of carbonyl (C=O) groups excluding carboxylic acids is 1. The summed E-state index contributed by atoms with van der Waals surface area (Å²) in [6.45, 7) is 4.31. The molecule has 0 radical (unpaired) electrons. The van der Waals surface area contributed by atoms with Crippen LogP contribution in [0.1, 0.15) is 60.2 Å². The second-order valence-electron chi connectivity index (χ2n) is 6.05. The van der Waals surface area contributed by atoms with Crippen molar-refractivity contribution in [2.75, 3.05) is 13.1 Å². The highest BCUT2D eigenvalue weighted by atomic mass is 32.1. The van der Waals surface area contributed by atoms with Crippen LogP contribution in [0.15, 0.2) is 11.4 Å². The number of likely N-dealkylation sites (tertiary alicyclic amines) is 1. The van der Waals surface area contributed by atoms with Gasteiger partial charge in [-0.1, -0.05) is 19.3 Å². The van der Waals surface area contributed by atoms with E-state index in [1.165, 1.54) is 37.7 Å². The number of rotatable bonds is 3. The van der Waals surface area contributed by atoms with Crippen LogP contribution in [0.3, 0.4) is 0 Å². The normalized spacial score (nSPS) is 23.6. The van der Waals surface area contributed by atoms with Crippen molar-refractivity contribution in [3.05, 3.63) is 21.9 Å². The van der Waals surface area contributed by atoms with Gasteiger partial charge >= 0.3 is 0 Å². The van der Waals surface area contributed by atoms with E-state index >= 15 is 0 Å². The molecule has 0 bridgehead atoms. The van der Waals surface area contributed by atoms with Gasteiger partial charge in [0, 0.05) is 0 Å². The first-order valence-electron chi connectivity index (χ1n) is 7.58. The summed E-state index contributed by atoms with van der Waals surface area (Å²) in [6.07, 6.45) is 8.43. The van der Waals surface area contributed by atoms with E-state index in [4.69, 9.17) is 0 Å². The van der Waals surface area contributed by atoms with Gasteiger partial charge in [-0.3, -0.25) is 9.69 Å². The van der Waals surface area contributed by atoms with E-state index < -0.39 is 0 Å². The molecule has 0 N–H and O–H groups in total. The molecule has 2 nitrogen and oxygen atoms in total. The second-order valence-corrected chi connectivity index (χ2v) is 6.96. The minimum absolute atomic E-state index is 0.157. The maximum Gasteiger partial charge on any atom is 0.193 e. The molecule has 2 heterocycles. The smallest absolute Gasteiger partial charge is 0.193 e. The van der Waals surface area contributed by atoms with Crippen molar-refractivity contribution in [3.63, 3.8) is 0 Å². The van der Waals surface area contributed by atoms with Gasteiger partial charge in [-0.2, -0.15) is 0 Å². The fraction of sp³-hybridized carbons (Fsp3) is 0.688. The molecule has 0 amide bonds. The van der Waals surface area contributed by atoms with Gasteiger partial charge in [0.15, 0.2) is 5.78 Å². The summed E-state index contributed by atoms with van der Waals surface area (Å²) < 4.78 is 0. The Morgan fingerprint density at radius 3 is 2.42 bits per heavy atom. The number of hydrogen-bond donors (Lipinski definition) is 0. The van der Waals surface area contributed by atoms with Crippen molar-refractivity contribution in [2.24, 2.45) is 0 Å². The van der Waals surface area contributed by atoms with E-state index in [1.54, 1.807) is 11.3 Å². The van der Waals surface area contributed by atoms with Crippen molar-refractivity contribution < 1.29 is 4.79 Å². The van der Waals surface area contributed by atoms with Crippen LogP contribution in [-0.2, 0) is 0 Å². The first kappa shape index (κ1) is 13.3. The molecule has 3 heteroatoms. The third kappa shape index (κ3) is 2.27. The quantitative estimate of drug-likeness (QED) is 0.777. The molecule has 2 aliphatic rings. The number of nitrogens with zero attached hydrogens (tertiary/aromatic N) is 1. The van der Waals surface area contributed by atoms with Crippen LogP contribution < -0.4 is 0 Å². The Morgan fingerprint density at radius 1 is 1.16 bits per heavy atom. The van der Waals surface area contributed by atoms with Gasteiger partial charge in [-0.25, -0.2) is 0 Å². The third-order valence-corrected chi connectivity index (χ3v) is 5.90. The van der Waals surface area contributed by atoms with Crippen LogP contribution >= 0.6 is 11.3 Å². The third-order valence-electron chi connectivity index (χ3n) is 4.88. The lowest BCUT2D eigenvalue weighted by Crippen LogP contribution is -2.54. The predicted octanol–water partition coefficient (Wildman–Crippen LogP) is 4.04. The summed E-state index contributed by atoms with van der Waals surface area (Å²) in [7, 11) is 0. The van der Waals surface area contributed by atoms with Gasteiger partial charge < -0.3 is 0 Å². The van der Waals surface area contributed by atoms with Crippen LogP contribution in [0.2, 0.25) is 0 Å². The minimum atomic E-state index is -0.157. The first-order chi connectivity index (χ1) is 9.24. The molecule has 0 atom stereocenters. The fourth-order valence-electron chi connectivity index (χ4n) is 3.79. The summed E-state index contributed by atoms with van der Waals surface area (Å²) in [5.41, 5.74) is 1.01. The van der Waals surface area contributed by atoms with Gasteiger partial charge in [-0.05, 0) is 62.7 Å². The summed E-state index contributed by atoms with van der Waals surface area (Å²) >= 11 is 1.63. The summed E-state index contributed by atoms with van der Waals surface area (Å²) in [4.78, 5) is 16.6. The molecule has 1 aromatic heterocycles. The largest absolute Gasteiger partial charge is 0.291 e. The predicted molar refractivity (Wildman–Crippen MR) is 80.0 cm³/mol. The molecule has 0 aromatic carbocycles. The molecule has 3 rings (SSSR count). The molecule has 104 valence electrons. The van der Waals surface area contributed by atoms with Crippen molar-refractivity contribution in [1.29, 1.82) is 0 Å². The van der Waals surface area contributed by atoms with Gasteiger partial charge in [0.1, 0.15) is 0 Å². The van der Waals surface area contributed by atoms with E-state index in [0.29, 0.717) is 5.78 Å². The fourth-order valence-corrected chi connectivity index (χ4v) is 4.74. The highest BCUT2D eigenvalue weighted by molar-refractivity contribution is 7.12. The van der Waals surface area contributed by atoms with E-state index in [2.05, 4.69) is 23.3 Å². The van der Waals surface area contributed by atoms with Gasteiger partial charge in [0.2, 0.25) is 0 Å². The van der Waals surface area contributed by atoms with Crippen LogP contribution in [0.5, 0.6) is 0 Å². The molecule has 2 fully saturated rings. The lowest BCUT2D eigenvalue weighted by Gasteiger charge is -2.42. The zero-order chi connectivity index (χ0) is 13.3. The molecule has 1 aliphatic heterocycles. The van der Waals surface area contributed by atoms with E-state index in [-0.39, 0.29) is 5.54 Å². The minimum Gasteiger partial charge on any atom is -0.291 e. The first-order valence-corrected chi connectivity index (χ1v) is 8.46. The van der Waals surface area contributed by atoms with Crippen molar-refractivity contribution >= 4 is 17.1 Å². The number of Topliss-reactive ketones (excluding diaryl/α,β-unsaturated/α-hetero) is 1. The maximum absolute atomic E-state index is 13.1. The lowest BCUT2D eigenvalue weighted by atomic mass is 9.86. The van der Waals surface area contributed by atoms with E-state index in [1.807, 2.05) is 0 Å².